The van der Waals surface area contributed by atoms with Crippen molar-refractivity contribution in [2.24, 2.45) is 5.92 Å². The number of nitrogens with zero attached hydrogens (tertiary/aromatic N) is 1. The molecule has 1 aromatic heterocycles. The number of aromatic nitrogens is 2. The second-order valence-electron chi connectivity index (χ2n) is 4.86. The summed E-state index contributed by atoms with van der Waals surface area (Å²) in [4.78, 5) is 12.0. The minimum atomic E-state index is -0.246. The van der Waals surface area contributed by atoms with Crippen LogP contribution in [-0.2, 0) is 0 Å². The number of carbonyl (C=O) groups excluding carboxylic acids is 1. The molecular formula is C15H19N3O3. The van der Waals surface area contributed by atoms with Crippen molar-refractivity contribution in [3.8, 4) is 17.0 Å². The number of aromatic amines is 1. The largest absolute Gasteiger partial charge is 0.496 e. The van der Waals surface area contributed by atoms with Gasteiger partial charge in [-0.1, -0.05) is 19.1 Å². The molecule has 6 nitrogen and oxygen atoms in total. The lowest BCUT2D eigenvalue weighted by molar-refractivity contribution is 0.0937. The Morgan fingerprint density at radius 3 is 2.95 bits per heavy atom. The number of para-hydroxylation sites is 1. The molecule has 0 bridgehead atoms. The zero-order valence-electron chi connectivity index (χ0n) is 12.1. The van der Waals surface area contributed by atoms with Crippen LogP contribution in [0.1, 0.15) is 17.4 Å². The number of ether oxygens (including phenoxy) is 1. The number of amides is 1. The molecule has 21 heavy (non-hydrogen) atoms. The van der Waals surface area contributed by atoms with Gasteiger partial charge in [0.05, 0.1) is 12.8 Å². The van der Waals surface area contributed by atoms with Crippen LogP contribution in [0.25, 0.3) is 11.3 Å². The highest BCUT2D eigenvalue weighted by molar-refractivity contribution is 5.93. The molecule has 3 N–H and O–H groups in total. The number of benzene rings is 1. The summed E-state index contributed by atoms with van der Waals surface area (Å²) in [7, 11) is 1.59. The van der Waals surface area contributed by atoms with Crippen molar-refractivity contribution < 1.29 is 14.6 Å². The molecule has 0 aliphatic heterocycles. The second-order valence-corrected chi connectivity index (χ2v) is 4.86. The summed E-state index contributed by atoms with van der Waals surface area (Å²) in [6.07, 6.45) is 0. The molecule has 1 unspecified atom stereocenters. The SMILES string of the molecule is COc1ccccc1-c1cc(C(=O)NCC(C)CO)[nH]n1. The standard InChI is InChI=1S/C15H19N3O3/c1-10(9-19)8-16-15(20)13-7-12(17-18-13)11-5-3-4-6-14(11)21-2/h3-7,10,19H,8-9H2,1-2H3,(H,16,20)(H,17,18). The van der Waals surface area contributed by atoms with Gasteiger partial charge in [-0.25, -0.2) is 0 Å². The Hall–Kier alpha value is -2.34. The summed E-state index contributed by atoms with van der Waals surface area (Å²) in [5, 5.41) is 18.6. The molecule has 0 aliphatic rings. The predicted octanol–water partition coefficient (Wildman–Crippen LogP) is 1.44. The van der Waals surface area contributed by atoms with Crippen LogP contribution in [0.4, 0.5) is 0 Å². The second kappa shape index (κ2) is 6.90. The number of rotatable bonds is 6. The average molecular weight is 289 g/mol. The van der Waals surface area contributed by atoms with Gasteiger partial charge in [-0.3, -0.25) is 9.89 Å². The van der Waals surface area contributed by atoms with Crippen LogP contribution in [0.2, 0.25) is 0 Å². The Morgan fingerprint density at radius 1 is 1.48 bits per heavy atom. The quantitative estimate of drug-likeness (QED) is 0.751. The number of carbonyl (C=O) groups is 1. The summed E-state index contributed by atoms with van der Waals surface area (Å²) >= 11 is 0. The Kier molecular flexibility index (Phi) is 4.94. The summed E-state index contributed by atoms with van der Waals surface area (Å²) in [5.74, 6) is 0.472. The van der Waals surface area contributed by atoms with Crippen LogP contribution in [0.3, 0.4) is 0 Å². The minimum Gasteiger partial charge on any atom is -0.496 e. The predicted molar refractivity (Wildman–Crippen MR) is 79.2 cm³/mol. The fourth-order valence-electron chi connectivity index (χ4n) is 1.86. The molecule has 1 atom stereocenters. The van der Waals surface area contributed by atoms with E-state index in [-0.39, 0.29) is 18.4 Å². The molecular weight excluding hydrogens is 270 g/mol. The number of methoxy groups -OCH3 is 1. The average Bonchev–Trinajstić information content (AvgIpc) is 3.02. The summed E-state index contributed by atoms with van der Waals surface area (Å²) in [6, 6.07) is 9.15. The van der Waals surface area contributed by atoms with Gasteiger partial charge in [-0.15, -0.1) is 0 Å². The Labute approximate surface area is 123 Å². The highest BCUT2D eigenvalue weighted by atomic mass is 16.5. The van der Waals surface area contributed by atoms with E-state index >= 15 is 0 Å². The lowest BCUT2D eigenvalue weighted by Crippen LogP contribution is -2.29. The van der Waals surface area contributed by atoms with Crippen LogP contribution in [0, 0.1) is 5.92 Å². The van der Waals surface area contributed by atoms with E-state index in [9.17, 15) is 4.79 Å². The van der Waals surface area contributed by atoms with Gasteiger partial charge in [0.15, 0.2) is 0 Å². The molecule has 0 fully saturated rings. The zero-order chi connectivity index (χ0) is 15.2. The molecule has 0 saturated heterocycles. The molecule has 0 spiro atoms. The first-order valence-corrected chi connectivity index (χ1v) is 6.73. The summed E-state index contributed by atoms with van der Waals surface area (Å²) in [5.41, 5.74) is 1.84. The number of aliphatic hydroxyl groups is 1. The van der Waals surface area contributed by atoms with E-state index in [0.29, 0.717) is 23.7 Å². The molecule has 0 saturated carbocycles. The van der Waals surface area contributed by atoms with Crippen molar-refractivity contribution in [1.29, 1.82) is 0 Å². The Morgan fingerprint density at radius 2 is 2.24 bits per heavy atom. The van der Waals surface area contributed by atoms with Crippen LogP contribution in [0.5, 0.6) is 5.75 Å². The topological polar surface area (TPSA) is 87.2 Å². The third kappa shape index (κ3) is 3.61. The van der Waals surface area contributed by atoms with Gasteiger partial charge >= 0.3 is 0 Å². The van der Waals surface area contributed by atoms with Crippen molar-refractivity contribution in [3.63, 3.8) is 0 Å². The molecule has 112 valence electrons. The molecule has 1 amide bonds. The van der Waals surface area contributed by atoms with E-state index < -0.39 is 0 Å². The molecule has 0 aliphatic carbocycles. The Bertz CT molecular complexity index is 610. The first-order valence-electron chi connectivity index (χ1n) is 6.73. The van der Waals surface area contributed by atoms with Gasteiger partial charge in [0.25, 0.3) is 5.91 Å². The number of hydrogen-bond acceptors (Lipinski definition) is 4. The first-order chi connectivity index (χ1) is 10.2. The van der Waals surface area contributed by atoms with Gasteiger partial charge in [-0.05, 0) is 24.1 Å². The maximum absolute atomic E-state index is 12.0. The fourth-order valence-corrected chi connectivity index (χ4v) is 1.86. The lowest BCUT2D eigenvalue weighted by atomic mass is 10.1. The molecule has 1 heterocycles. The third-order valence-corrected chi connectivity index (χ3v) is 3.13. The first kappa shape index (κ1) is 15.1. The van der Waals surface area contributed by atoms with Crippen molar-refractivity contribution >= 4 is 5.91 Å². The zero-order valence-corrected chi connectivity index (χ0v) is 12.1. The Balaban J connectivity index is 2.12. The maximum Gasteiger partial charge on any atom is 0.269 e. The number of aliphatic hydroxyl groups excluding tert-OH is 1. The van der Waals surface area contributed by atoms with Crippen molar-refractivity contribution in [1.82, 2.24) is 15.5 Å². The third-order valence-electron chi connectivity index (χ3n) is 3.13. The molecule has 1 aromatic carbocycles. The van der Waals surface area contributed by atoms with Gasteiger partial charge in [-0.2, -0.15) is 5.10 Å². The van der Waals surface area contributed by atoms with Crippen molar-refractivity contribution in [3.05, 3.63) is 36.0 Å². The minimum absolute atomic E-state index is 0.0190. The van der Waals surface area contributed by atoms with E-state index in [1.54, 1.807) is 13.2 Å². The van der Waals surface area contributed by atoms with Gasteiger partial charge < -0.3 is 15.2 Å². The van der Waals surface area contributed by atoms with E-state index in [2.05, 4.69) is 15.5 Å². The van der Waals surface area contributed by atoms with E-state index in [0.717, 1.165) is 5.56 Å². The van der Waals surface area contributed by atoms with Crippen LogP contribution in [-0.4, -0.2) is 41.5 Å². The van der Waals surface area contributed by atoms with E-state index in [1.807, 2.05) is 31.2 Å². The van der Waals surface area contributed by atoms with Gasteiger partial charge in [0.1, 0.15) is 11.4 Å². The van der Waals surface area contributed by atoms with E-state index in [1.165, 1.54) is 0 Å². The highest BCUT2D eigenvalue weighted by Gasteiger charge is 2.13. The van der Waals surface area contributed by atoms with Crippen LogP contribution >= 0.6 is 0 Å². The number of H-pyrrole nitrogens is 1. The van der Waals surface area contributed by atoms with Crippen LogP contribution in [0.15, 0.2) is 30.3 Å². The maximum atomic E-state index is 12.0. The van der Waals surface area contributed by atoms with Gasteiger partial charge in [0, 0.05) is 18.7 Å². The fraction of sp³-hybridized carbons (Fsp3) is 0.333. The highest BCUT2D eigenvalue weighted by Crippen LogP contribution is 2.28. The molecule has 2 rings (SSSR count). The summed E-state index contributed by atoms with van der Waals surface area (Å²) < 4.78 is 5.28. The summed E-state index contributed by atoms with van der Waals surface area (Å²) in [6.45, 7) is 2.31. The monoisotopic (exact) mass is 289 g/mol. The molecule has 2 aromatic rings. The molecule has 6 heteroatoms. The van der Waals surface area contributed by atoms with Crippen molar-refractivity contribution in [2.75, 3.05) is 20.3 Å². The number of hydrogen-bond donors (Lipinski definition) is 3. The van der Waals surface area contributed by atoms with Crippen molar-refractivity contribution in [2.45, 2.75) is 6.92 Å². The molecule has 0 radical (unpaired) electrons. The number of nitrogens with one attached hydrogen (secondary N) is 2. The van der Waals surface area contributed by atoms with Gasteiger partial charge in [0.2, 0.25) is 0 Å². The van der Waals surface area contributed by atoms with Crippen LogP contribution < -0.4 is 10.1 Å². The lowest BCUT2D eigenvalue weighted by Gasteiger charge is -2.08. The van der Waals surface area contributed by atoms with E-state index in [4.69, 9.17) is 9.84 Å². The smallest absolute Gasteiger partial charge is 0.269 e. The normalized spacial score (nSPS) is 12.0.